The molecule has 0 aliphatic carbocycles. The molecular weight excluding hydrogens is 180 g/mol. The highest BCUT2D eigenvalue weighted by Gasteiger charge is 2.40. The van der Waals surface area contributed by atoms with Gasteiger partial charge >= 0.3 is 0 Å². The van der Waals surface area contributed by atoms with Crippen molar-refractivity contribution in [3.63, 3.8) is 0 Å². The van der Waals surface area contributed by atoms with Gasteiger partial charge in [-0.3, -0.25) is 0 Å². The molecule has 0 amide bonds. The summed E-state index contributed by atoms with van der Waals surface area (Å²) in [5.74, 6) is 0. The van der Waals surface area contributed by atoms with Crippen molar-refractivity contribution in [1.29, 1.82) is 0 Å². The Balaban J connectivity index is 2.57. The van der Waals surface area contributed by atoms with Crippen LogP contribution in [-0.4, -0.2) is 31.2 Å². The minimum absolute atomic E-state index is 0.161. The summed E-state index contributed by atoms with van der Waals surface area (Å²) >= 11 is 0. The minimum atomic E-state index is -0.191. The van der Waals surface area contributed by atoms with Gasteiger partial charge in [-0.15, -0.1) is 0 Å². The summed E-state index contributed by atoms with van der Waals surface area (Å²) in [5, 5.41) is 9.50. The highest BCUT2D eigenvalue weighted by Crippen LogP contribution is 2.36. The average Bonchev–Trinajstić information content (AvgIpc) is 2.74. The molecule has 3 nitrogen and oxygen atoms in total. The van der Waals surface area contributed by atoms with Gasteiger partial charge in [0.2, 0.25) is 0 Å². The van der Waals surface area contributed by atoms with E-state index in [4.69, 9.17) is 9.47 Å². The fraction of sp³-hybridized carbons (Fsp3) is 1.00. The first-order valence-corrected chi connectivity index (χ1v) is 5.63. The predicted molar refractivity (Wildman–Crippen MR) is 55.0 cm³/mol. The quantitative estimate of drug-likeness (QED) is 0.715. The number of ether oxygens (including phenoxy) is 2. The highest BCUT2D eigenvalue weighted by molar-refractivity contribution is 4.82. The lowest BCUT2D eigenvalue weighted by Gasteiger charge is -2.34. The summed E-state index contributed by atoms with van der Waals surface area (Å²) in [5.41, 5.74) is -0.174. The smallest absolute Gasteiger partial charge is 0.165 e. The van der Waals surface area contributed by atoms with Crippen LogP contribution in [0.1, 0.15) is 39.5 Å². The molecule has 84 valence electrons. The summed E-state index contributed by atoms with van der Waals surface area (Å²) in [6.07, 6.45) is 3.98. The van der Waals surface area contributed by atoms with Crippen molar-refractivity contribution < 1.29 is 14.6 Å². The van der Waals surface area contributed by atoms with Crippen molar-refractivity contribution in [3.05, 3.63) is 0 Å². The van der Waals surface area contributed by atoms with Gasteiger partial charge in [0.1, 0.15) is 0 Å². The van der Waals surface area contributed by atoms with Crippen LogP contribution >= 0.6 is 0 Å². The van der Waals surface area contributed by atoms with Crippen LogP contribution in [0.3, 0.4) is 0 Å². The molecule has 1 atom stereocenters. The Kier molecular flexibility index (Phi) is 4.85. The van der Waals surface area contributed by atoms with Crippen molar-refractivity contribution in [1.82, 2.24) is 0 Å². The first-order valence-electron chi connectivity index (χ1n) is 5.63. The Morgan fingerprint density at radius 2 is 1.93 bits per heavy atom. The molecule has 14 heavy (non-hydrogen) atoms. The Labute approximate surface area is 86.4 Å². The van der Waals surface area contributed by atoms with E-state index in [1.54, 1.807) is 0 Å². The van der Waals surface area contributed by atoms with Gasteiger partial charge < -0.3 is 14.6 Å². The van der Waals surface area contributed by atoms with Crippen LogP contribution in [0.15, 0.2) is 0 Å². The molecule has 1 heterocycles. The zero-order chi connectivity index (χ0) is 10.4. The topological polar surface area (TPSA) is 38.7 Å². The second kappa shape index (κ2) is 5.69. The summed E-state index contributed by atoms with van der Waals surface area (Å²) < 4.78 is 11.0. The maximum atomic E-state index is 9.50. The predicted octanol–water partition coefficient (Wildman–Crippen LogP) is 1.94. The average molecular weight is 202 g/mol. The van der Waals surface area contributed by atoms with E-state index in [1.165, 1.54) is 0 Å². The fourth-order valence-electron chi connectivity index (χ4n) is 1.97. The van der Waals surface area contributed by atoms with Gasteiger partial charge in [0.25, 0.3) is 0 Å². The van der Waals surface area contributed by atoms with Gasteiger partial charge in [0.15, 0.2) is 6.29 Å². The number of rotatable bonds is 6. The van der Waals surface area contributed by atoms with Crippen LogP contribution in [0.5, 0.6) is 0 Å². The lowest BCUT2D eigenvalue weighted by molar-refractivity contribution is -0.155. The molecule has 0 aromatic rings. The van der Waals surface area contributed by atoms with E-state index in [-0.39, 0.29) is 18.3 Å². The lowest BCUT2D eigenvalue weighted by Crippen LogP contribution is -2.39. The Bertz CT molecular complexity index is 149. The lowest BCUT2D eigenvalue weighted by atomic mass is 9.80. The molecule has 1 aliphatic rings. The van der Waals surface area contributed by atoms with Crippen LogP contribution in [-0.2, 0) is 9.47 Å². The Morgan fingerprint density at radius 1 is 1.29 bits per heavy atom. The van der Waals surface area contributed by atoms with Gasteiger partial charge in [0, 0.05) is 5.41 Å². The van der Waals surface area contributed by atoms with E-state index in [2.05, 4.69) is 13.8 Å². The van der Waals surface area contributed by atoms with Crippen LogP contribution in [0.25, 0.3) is 0 Å². The van der Waals surface area contributed by atoms with Crippen molar-refractivity contribution in [2.75, 3.05) is 19.8 Å². The van der Waals surface area contributed by atoms with Crippen LogP contribution in [0.4, 0.5) is 0 Å². The molecule has 3 heteroatoms. The molecule has 1 aliphatic heterocycles. The third-order valence-corrected chi connectivity index (χ3v) is 3.17. The largest absolute Gasteiger partial charge is 0.396 e. The van der Waals surface area contributed by atoms with Crippen molar-refractivity contribution >= 4 is 0 Å². The normalized spacial score (nSPS) is 22.5. The van der Waals surface area contributed by atoms with Gasteiger partial charge in [-0.2, -0.15) is 0 Å². The monoisotopic (exact) mass is 202 g/mol. The molecule has 0 bridgehead atoms. The maximum absolute atomic E-state index is 9.50. The molecule has 1 N–H and O–H groups in total. The molecule has 0 saturated carbocycles. The van der Waals surface area contributed by atoms with E-state index >= 15 is 0 Å². The number of aliphatic hydroxyl groups excluding tert-OH is 1. The maximum Gasteiger partial charge on any atom is 0.165 e. The molecule has 1 saturated heterocycles. The van der Waals surface area contributed by atoms with E-state index in [1.807, 2.05) is 0 Å². The van der Waals surface area contributed by atoms with E-state index in [9.17, 15) is 5.11 Å². The van der Waals surface area contributed by atoms with Crippen molar-refractivity contribution in [2.45, 2.75) is 45.8 Å². The third-order valence-electron chi connectivity index (χ3n) is 3.17. The van der Waals surface area contributed by atoms with Crippen molar-refractivity contribution in [3.8, 4) is 0 Å². The summed E-state index contributed by atoms with van der Waals surface area (Å²) in [4.78, 5) is 0. The zero-order valence-electron chi connectivity index (χ0n) is 9.29. The first kappa shape index (κ1) is 12.0. The van der Waals surface area contributed by atoms with Gasteiger partial charge in [-0.25, -0.2) is 0 Å². The van der Waals surface area contributed by atoms with Gasteiger partial charge in [-0.05, 0) is 12.8 Å². The summed E-state index contributed by atoms with van der Waals surface area (Å²) in [7, 11) is 0. The number of unbranched alkanes of at least 4 members (excludes halogenated alkanes) is 1. The number of aliphatic hydroxyl groups is 1. The standard InChI is InChI=1S/C11H22O3/c1-3-5-6-11(4-2,9-12)10-13-7-8-14-10/h10,12H,3-9H2,1-2H3. The molecule has 1 rings (SSSR count). The minimum Gasteiger partial charge on any atom is -0.396 e. The molecule has 0 spiro atoms. The van der Waals surface area contributed by atoms with Crippen LogP contribution < -0.4 is 0 Å². The summed E-state index contributed by atoms with van der Waals surface area (Å²) in [6.45, 7) is 5.75. The molecule has 1 fully saturated rings. The van der Waals surface area contributed by atoms with Crippen molar-refractivity contribution in [2.24, 2.45) is 5.41 Å². The number of hydrogen-bond acceptors (Lipinski definition) is 3. The second-order valence-electron chi connectivity index (χ2n) is 4.05. The van der Waals surface area contributed by atoms with Gasteiger partial charge in [-0.1, -0.05) is 26.7 Å². The van der Waals surface area contributed by atoms with E-state index in [0.29, 0.717) is 13.2 Å². The molecule has 1 unspecified atom stereocenters. The highest BCUT2D eigenvalue weighted by atomic mass is 16.7. The number of hydrogen-bond donors (Lipinski definition) is 1. The van der Waals surface area contributed by atoms with Crippen LogP contribution in [0, 0.1) is 5.41 Å². The first-order chi connectivity index (χ1) is 6.79. The fourth-order valence-corrected chi connectivity index (χ4v) is 1.97. The Hall–Kier alpha value is -0.120. The molecule has 0 aromatic carbocycles. The second-order valence-corrected chi connectivity index (χ2v) is 4.05. The third kappa shape index (κ3) is 2.47. The molecular formula is C11H22O3. The Morgan fingerprint density at radius 3 is 2.36 bits per heavy atom. The van der Waals surface area contributed by atoms with Gasteiger partial charge in [0.05, 0.1) is 19.8 Å². The SMILES string of the molecule is CCCCC(CC)(CO)C1OCCO1. The summed E-state index contributed by atoms with van der Waals surface area (Å²) in [6, 6.07) is 0. The van der Waals surface area contributed by atoms with E-state index < -0.39 is 0 Å². The molecule has 0 radical (unpaired) electrons. The van der Waals surface area contributed by atoms with E-state index in [0.717, 1.165) is 25.7 Å². The van der Waals surface area contributed by atoms with Crippen LogP contribution in [0.2, 0.25) is 0 Å². The molecule has 0 aromatic heterocycles. The zero-order valence-corrected chi connectivity index (χ0v) is 9.29.